The molecular weight excluding hydrogens is 1230 g/mol. The van der Waals surface area contributed by atoms with Gasteiger partial charge in [-0.25, -0.2) is 0 Å². The number of nitrogens with one attached hydrogen (secondary N) is 5. The van der Waals surface area contributed by atoms with E-state index in [-0.39, 0.29) is 60.9 Å². The number of fused-ring (bicyclic) bond motifs is 5. The van der Waals surface area contributed by atoms with Crippen LogP contribution in [-0.2, 0) is 42.3 Å². The average Bonchev–Trinajstić information content (AvgIpc) is 1.71. The minimum absolute atomic E-state index is 0.0171. The number of hydrogen-bond donors (Lipinski definition) is 5. The summed E-state index contributed by atoms with van der Waals surface area (Å²) in [6.07, 6.45) is 25.9. The highest BCUT2D eigenvalue weighted by Gasteiger charge is 2.59. The van der Waals surface area contributed by atoms with Crippen LogP contribution in [0.4, 0.5) is 5.69 Å². The summed E-state index contributed by atoms with van der Waals surface area (Å²) >= 11 is 0. The fourth-order valence-electron chi connectivity index (χ4n) is 18.0. The highest BCUT2D eigenvalue weighted by molar-refractivity contribution is 5.98. The van der Waals surface area contributed by atoms with Gasteiger partial charge in [0, 0.05) is 49.1 Å². The summed E-state index contributed by atoms with van der Waals surface area (Å²) in [4.78, 5) is 68.8. The third-order valence-corrected chi connectivity index (χ3v) is 23.3. The van der Waals surface area contributed by atoms with Crippen molar-refractivity contribution < 1.29 is 33.6 Å². The molecule has 3 fully saturated rings. The minimum atomic E-state index is -1.51. The molecule has 5 aliphatic rings. The van der Waals surface area contributed by atoms with Crippen LogP contribution in [0.25, 0.3) is 0 Å². The summed E-state index contributed by atoms with van der Waals surface area (Å²) in [6.45, 7) is 14.0. The smallest absolute Gasteiger partial charge is 0.262 e. The Hall–Kier alpha value is -8.19. The largest absolute Gasteiger partial charge is 0.497 e. The van der Waals surface area contributed by atoms with Crippen LogP contribution in [-0.4, -0.2) is 79.1 Å². The van der Waals surface area contributed by atoms with Crippen LogP contribution in [0.2, 0.25) is 0 Å². The summed E-state index contributed by atoms with van der Waals surface area (Å²) in [5.41, 5.74) is 5.28. The number of anilines is 1. The highest BCUT2D eigenvalue weighted by atomic mass is 16.6. The van der Waals surface area contributed by atoms with E-state index in [1.807, 2.05) is 48.5 Å². The molecule has 99 heavy (non-hydrogen) atoms. The van der Waals surface area contributed by atoms with Gasteiger partial charge in [0.05, 0.1) is 36.8 Å². The molecule has 0 bridgehead atoms. The Morgan fingerprint density at radius 2 is 1.40 bits per heavy atom. The molecule has 0 saturated heterocycles. The molecule has 0 radical (unpaired) electrons. The van der Waals surface area contributed by atoms with Crippen LogP contribution in [0.15, 0.2) is 169 Å². The molecule has 15 nitrogen and oxygen atoms in total. The number of carbonyl (C=O) groups excluding carboxylic acids is 4. The monoisotopic (exact) mass is 1340 g/mol. The molecule has 0 aliphatic heterocycles. The van der Waals surface area contributed by atoms with E-state index in [9.17, 15) is 34.6 Å². The van der Waals surface area contributed by atoms with E-state index >= 15 is 0 Å². The van der Waals surface area contributed by atoms with Crippen molar-refractivity contribution in [2.24, 2.45) is 46.3 Å². The van der Waals surface area contributed by atoms with Crippen LogP contribution in [0.5, 0.6) is 5.75 Å². The molecule has 5 aromatic carbocycles. The maximum Gasteiger partial charge on any atom is 0.262 e. The Balaban J connectivity index is 0.749. The van der Waals surface area contributed by atoms with Crippen LogP contribution < -0.4 is 31.3 Å². The van der Waals surface area contributed by atoms with Gasteiger partial charge in [-0.05, 0) is 213 Å². The summed E-state index contributed by atoms with van der Waals surface area (Å²) < 4.78 is 12.1. The Morgan fingerprint density at radius 3 is 2.09 bits per heavy atom. The highest BCUT2D eigenvalue weighted by Crippen LogP contribution is 2.67. The van der Waals surface area contributed by atoms with Crippen LogP contribution >= 0.6 is 0 Å². The summed E-state index contributed by atoms with van der Waals surface area (Å²) in [7, 11) is 1.64. The lowest BCUT2D eigenvalue weighted by molar-refractivity contribution is -0.540. The van der Waals surface area contributed by atoms with E-state index in [4.69, 9.17) is 9.47 Å². The number of nitrogens with zero attached hydrogens (tertiary/aromatic N) is 2. The molecule has 10 rings (SSSR count). The number of carbonyl (C=O) groups is 4. The lowest BCUT2D eigenvalue weighted by Gasteiger charge is -2.58. The number of para-hydroxylation sites is 1. The SMILES string of the molecule is COc1ccc(C(NCCCC[C@H](NC(=O)C[C@H](Cc2ccc(C#N)cc2)NC(=O)CCC(=O)NCCCOC2CC[C@@]3(C)C(=CC[C@H]4[C@@H]5CC[C@H]([C@H](C)CCCC(C)C)[C@@]5(C)CC[C@@H]43)C2)C(=O)Nc2ccccc2CC2([N+](=O)[O-])C=CCC=C2)(c2ccccc2)c2ccccc2)cc1. The quantitative estimate of drug-likeness (QED) is 0.00864. The minimum Gasteiger partial charge on any atom is -0.497 e. The number of allylic oxidation sites excluding steroid dienone is 3. The molecule has 10 atom stereocenters. The van der Waals surface area contributed by atoms with E-state index < -0.39 is 40.9 Å². The van der Waals surface area contributed by atoms with Gasteiger partial charge in [-0.1, -0.05) is 181 Å². The number of nitro groups is 1. The van der Waals surface area contributed by atoms with Crippen molar-refractivity contribution in [3.8, 4) is 11.8 Å². The number of hydrogen-bond acceptors (Lipinski definition) is 10. The molecule has 0 aromatic heterocycles. The van der Waals surface area contributed by atoms with Crippen molar-refractivity contribution in [1.29, 1.82) is 5.26 Å². The van der Waals surface area contributed by atoms with Crippen molar-refractivity contribution >= 4 is 29.3 Å². The van der Waals surface area contributed by atoms with Crippen molar-refractivity contribution in [3.05, 3.63) is 213 Å². The standard InChI is InChI=1S/C84H107N7O8/c1-59(2)22-20-23-60(3)72-41-42-73-71-40-37-67-55-70(45-49-81(67,4)74(71)46-50-82(72,73)5)99-53-21-51-86-77(92)43-44-78(93)88-68(54-61-31-33-62(58-85)34-32-61)56-79(94)89-76(80(95)90-75-29-15-14-24-63(75)57-83(91(96)97)47-17-9-18-48-83)30-16-19-52-87-84(64-25-10-7-11-26-64,65-27-12-8-13-28-65)66-35-38-69(98-6)39-36-66/h7-8,10-15,17-18,24-29,31-39,47-48,59-60,68,70-74,76,87H,9,16,19-23,30,40-46,49-57H2,1-6H3,(H,86,92)(H,88,93)(H,89,94)(H,90,95)/t60-,68+,70?,71+,72-,73+,74+,76+,81+,82-/m1/s1. The van der Waals surface area contributed by atoms with Gasteiger partial charge in [-0.2, -0.15) is 5.26 Å². The normalized spacial score (nSPS) is 23.0. The first-order valence-corrected chi connectivity index (χ1v) is 36.9. The maximum absolute atomic E-state index is 14.8. The zero-order valence-corrected chi connectivity index (χ0v) is 59.4. The predicted molar refractivity (Wildman–Crippen MR) is 392 cm³/mol. The zero-order chi connectivity index (χ0) is 70.0. The first kappa shape index (κ1) is 73.5. The number of nitriles is 1. The summed E-state index contributed by atoms with van der Waals surface area (Å²) in [5.74, 6) is 3.90. The Labute approximate surface area is 588 Å². The fourth-order valence-corrected chi connectivity index (χ4v) is 18.0. The second kappa shape index (κ2) is 34.3. The van der Waals surface area contributed by atoms with E-state index in [0.29, 0.717) is 67.6 Å². The van der Waals surface area contributed by atoms with E-state index in [1.165, 1.54) is 57.8 Å². The molecule has 15 heteroatoms. The topological polar surface area (TPSA) is 214 Å². The molecule has 0 heterocycles. The molecule has 3 saturated carbocycles. The predicted octanol–water partition coefficient (Wildman–Crippen LogP) is 15.6. The molecule has 5 aromatic rings. The van der Waals surface area contributed by atoms with Gasteiger partial charge in [0.15, 0.2) is 0 Å². The van der Waals surface area contributed by atoms with E-state index in [1.54, 1.807) is 85.5 Å². The number of rotatable bonds is 34. The number of ether oxygens (including phenoxy) is 2. The number of methoxy groups -OCH3 is 1. The van der Waals surface area contributed by atoms with Crippen LogP contribution in [0.3, 0.4) is 0 Å². The van der Waals surface area contributed by atoms with Gasteiger partial charge in [0.2, 0.25) is 23.6 Å². The van der Waals surface area contributed by atoms with Crippen molar-refractivity contribution in [3.63, 3.8) is 0 Å². The Morgan fingerprint density at radius 1 is 0.717 bits per heavy atom. The summed E-state index contributed by atoms with van der Waals surface area (Å²) in [6, 6.07) is 42.8. The van der Waals surface area contributed by atoms with Crippen LogP contribution in [0.1, 0.15) is 190 Å². The third-order valence-electron chi connectivity index (χ3n) is 23.3. The van der Waals surface area contributed by atoms with E-state index in [0.717, 1.165) is 76.4 Å². The number of unbranched alkanes of at least 4 members (excludes halogenated alkanes) is 1. The van der Waals surface area contributed by atoms with Gasteiger partial charge >= 0.3 is 0 Å². The van der Waals surface area contributed by atoms with Gasteiger partial charge < -0.3 is 30.7 Å². The van der Waals surface area contributed by atoms with Gasteiger partial charge in [0.25, 0.3) is 5.54 Å². The lowest BCUT2D eigenvalue weighted by Crippen LogP contribution is -2.51. The summed E-state index contributed by atoms with van der Waals surface area (Å²) in [5, 5.41) is 38.2. The maximum atomic E-state index is 14.8. The third kappa shape index (κ3) is 18.1. The van der Waals surface area contributed by atoms with Crippen molar-refractivity contribution in [1.82, 2.24) is 21.3 Å². The first-order chi connectivity index (χ1) is 47.9. The molecule has 0 spiro atoms. The van der Waals surface area contributed by atoms with Crippen molar-refractivity contribution in [2.45, 2.75) is 199 Å². The van der Waals surface area contributed by atoms with E-state index in [2.05, 4.69) is 110 Å². The molecule has 1 unspecified atom stereocenters. The molecule has 4 amide bonds. The fraction of sp³-hybridized carbons (Fsp3) is 0.512. The number of benzene rings is 5. The van der Waals surface area contributed by atoms with Crippen molar-refractivity contribution in [2.75, 3.05) is 32.1 Å². The number of amides is 4. The Kier molecular flexibility index (Phi) is 25.4. The zero-order valence-electron chi connectivity index (χ0n) is 59.4. The molecule has 5 aliphatic carbocycles. The average molecular weight is 1340 g/mol. The van der Waals surface area contributed by atoms with Gasteiger partial charge in [-0.3, -0.25) is 34.6 Å². The Bertz CT molecular complexity index is 3610. The second-order valence-corrected chi connectivity index (χ2v) is 30.1. The molecule has 5 N–H and O–H groups in total. The molecule has 526 valence electrons. The molecular formula is C84H107N7O8. The lowest BCUT2D eigenvalue weighted by atomic mass is 9.47. The second-order valence-electron chi connectivity index (χ2n) is 30.1. The van der Waals surface area contributed by atoms with Gasteiger partial charge in [-0.15, -0.1) is 0 Å². The van der Waals surface area contributed by atoms with Gasteiger partial charge in [0.1, 0.15) is 11.8 Å². The first-order valence-electron chi connectivity index (χ1n) is 36.9. The van der Waals surface area contributed by atoms with Crippen LogP contribution in [0, 0.1) is 67.8 Å².